The van der Waals surface area contributed by atoms with Gasteiger partial charge in [0.15, 0.2) is 0 Å². The summed E-state index contributed by atoms with van der Waals surface area (Å²) in [5.41, 5.74) is 2.51. The molecule has 35 heavy (non-hydrogen) atoms. The van der Waals surface area contributed by atoms with Crippen LogP contribution in [0.4, 0.5) is 5.69 Å². The summed E-state index contributed by atoms with van der Waals surface area (Å²) in [6.07, 6.45) is 0. The van der Waals surface area contributed by atoms with Crippen LogP contribution in [0.15, 0.2) is 77.6 Å². The zero-order valence-electron chi connectivity index (χ0n) is 19.3. The monoisotopic (exact) mass is 473 g/mol. The lowest BCUT2D eigenvalue weighted by Crippen LogP contribution is -2.49. The third kappa shape index (κ3) is 3.94. The number of hydrogen-bond donors (Lipinski definition) is 2. The number of anilines is 1. The van der Waals surface area contributed by atoms with Crippen molar-refractivity contribution in [1.82, 2.24) is 9.47 Å². The first-order valence-corrected chi connectivity index (χ1v) is 11.6. The molecule has 0 saturated carbocycles. The number of rotatable bonds is 6. The van der Waals surface area contributed by atoms with Gasteiger partial charge in [0.05, 0.1) is 6.04 Å². The van der Waals surface area contributed by atoms with Gasteiger partial charge in [-0.05, 0) is 29.8 Å². The van der Waals surface area contributed by atoms with Crippen LogP contribution in [0.2, 0.25) is 0 Å². The maximum absolute atomic E-state index is 13.4. The smallest absolute Gasteiger partial charge is 0.258 e. The highest BCUT2D eigenvalue weighted by Gasteiger charge is 2.57. The number of nitrogens with one attached hydrogen (secondary N) is 1. The number of aliphatic hydroxyl groups is 1. The minimum absolute atomic E-state index is 0.149. The molecule has 2 amide bonds. The maximum atomic E-state index is 13.4. The van der Waals surface area contributed by atoms with Crippen LogP contribution in [0.25, 0.3) is 11.1 Å². The van der Waals surface area contributed by atoms with E-state index in [1.807, 2.05) is 54.6 Å². The number of ether oxygens (including phenoxy) is 1. The van der Waals surface area contributed by atoms with E-state index in [0.29, 0.717) is 23.5 Å². The van der Waals surface area contributed by atoms with Crippen LogP contribution >= 0.6 is 0 Å². The van der Waals surface area contributed by atoms with Crippen molar-refractivity contribution in [3.8, 4) is 11.1 Å². The number of para-hydroxylation sites is 1. The van der Waals surface area contributed by atoms with Gasteiger partial charge in [-0.1, -0.05) is 48.5 Å². The second kappa shape index (κ2) is 9.48. The Morgan fingerprint density at radius 2 is 1.71 bits per heavy atom. The third-order valence-corrected chi connectivity index (χ3v) is 7.03. The fraction of sp³-hybridized carbons (Fsp3) is 0.296. The highest BCUT2D eigenvalue weighted by atomic mass is 16.5. The highest BCUT2D eigenvalue weighted by Crippen LogP contribution is 2.49. The van der Waals surface area contributed by atoms with E-state index in [4.69, 9.17) is 4.74 Å². The average molecular weight is 474 g/mol. The minimum Gasteiger partial charge on any atom is -0.396 e. The van der Waals surface area contributed by atoms with Crippen LogP contribution in [-0.2, 0) is 20.9 Å². The molecular weight excluding hydrogens is 446 g/mol. The van der Waals surface area contributed by atoms with E-state index in [-0.39, 0.29) is 36.5 Å². The first-order valence-electron chi connectivity index (χ1n) is 11.6. The van der Waals surface area contributed by atoms with Gasteiger partial charge in [-0.3, -0.25) is 14.4 Å². The number of methoxy groups -OCH3 is 1. The van der Waals surface area contributed by atoms with Crippen molar-refractivity contribution in [3.05, 3.63) is 88.8 Å². The molecule has 8 nitrogen and oxygen atoms in total. The summed E-state index contributed by atoms with van der Waals surface area (Å²) in [5.74, 6) is -1.56. The molecule has 5 rings (SSSR count). The van der Waals surface area contributed by atoms with E-state index in [1.165, 1.54) is 12.0 Å². The molecule has 2 aliphatic heterocycles. The van der Waals surface area contributed by atoms with Crippen molar-refractivity contribution < 1.29 is 19.4 Å². The maximum Gasteiger partial charge on any atom is 0.258 e. The Kier molecular flexibility index (Phi) is 6.23. The molecule has 4 atom stereocenters. The quantitative estimate of drug-likeness (QED) is 0.572. The van der Waals surface area contributed by atoms with Gasteiger partial charge in [0.2, 0.25) is 11.8 Å². The number of pyridine rings is 1. The molecule has 1 aromatic heterocycles. The van der Waals surface area contributed by atoms with E-state index in [9.17, 15) is 19.5 Å². The van der Waals surface area contributed by atoms with Gasteiger partial charge in [0, 0.05) is 49.0 Å². The molecule has 1 fully saturated rings. The van der Waals surface area contributed by atoms with Crippen LogP contribution in [-0.4, -0.2) is 52.8 Å². The van der Waals surface area contributed by atoms with E-state index in [1.54, 1.807) is 22.8 Å². The lowest BCUT2D eigenvalue weighted by molar-refractivity contribution is -0.143. The molecule has 2 N–H and O–H groups in total. The van der Waals surface area contributed by atoms with Crippen molar-refractivity contribution in [3.63, 3.8) is 0 Å². The number of nitrogens with zero attached hydrogens (tertiary/aromatic N) is 2. The fourth-order valence-electron chi connectivity index (χ4n) is 5.54. The second-order valence-electron chi connectivity index (χ2n) is 8.94. The van der Waals surface area contributed by atoms with E-state index in [2.05, 4.69) is 5.32 Å². The predicted molar refractivity (Wildman–Crippen MR) is 131 cm³/mol. The molecule has 0 bridgehead atoms. The topological polar surface area (TPSA) is 101 Å². The van der Waals surface area contributed by atoms with Gasteiger partial charge in [-0.15, -0.1) is 0 Å². The van der Waals surface area contributed by atoms with Crippen molar-refractivity contribution in [2.24, 2.45) is 11.8 Å². The number of aromatic nitrogens is 1. The summed E-state index contributed by atoms with van der Waals surface area (Å²) in [4.78, 5) is 41.6. The molecule has 8 heteroatoms. The average Bonchev–Trinajstić information content (AvgIpc) is 3.40. The van der Waals surface area contributed by atoms with Gasteiger partial charge in [0.1, 0.15) is 12.6 Å². The summed E-state index contributed by atoms with van der Waals surface area (Å²) in [5, 5.41) is 13.2. The lowest BCUT2D eigenvalue weighted by atomic mass is 9.88. The number of fused-ring (bicyclic) bond motifs is 3. The zero-order valence-corrected chi connectivity index (χ0v) is 19.3. The van der Waals surface area contributed by atoms with Crippen molar-refractivity contribution in [2.75, 3.05) is 25.6 Å². The molecular formula is C27H27N3O5. The van der Waals surface area contributed by atoms with Crippen molar-refractivity contribution >= 4 is 17.5 Å². The number of benzene rings is 2. The number of likely N-dealkylation sites (tertiary alicyclic amines) is 1. The van der Waals surface area contributed by atoms with Gasteiger partial charge in [-0.2, -0.15) is 0 Å². The molecule has 3 aromatic rings. The van der Waals surface area contributed by atoms with Crippen LogP contribution in [0.3, 0.4) is 0 Å². The second-order valence-corrected chi connectivity index (χ2v) is 8.94. The first kappa shape index (κ1) is 23.0. The summed E-state index contributed by atoms with van der Waals surface area (Å²) >= 11 is 0. The Balaban J connectivity index is 1.56. The summed E-state index contributed by atoms with van der Waals surface area (Å²) < 4.78 is 6.79. The summed E-state index contributed by atoms with van der Waals surface area (Å²) in [6.45, 7) is -0.182. The number of carbonyl (C=O) groups is 2. The Morgan fingerprint density at radius 3 is 2.37 bits per heavy atom. The van der Waals surface area contributed by atoms with Gasteiger partial charge in [-0.25, -0.2) is 0 Å². The molecule has 1 saturated heterocycles. The largest absolute Gasteiger partial charge is 0.396 e. The molecule has 0 radical (unpaired) electrons. The zero-order chi connectivity index (χ0) is 24.5. The summed E-state index contributed by atoms with van der Waals surface area (Å²) in [6, 6.07) is 20.6. The van der Waals surface area contributed by atoms with Crippen molar-refractivity contribution in [1.29, 1.82) is 0 Å². The minimum atomic E-state index is -0.893. The molecule has 0 unspecified atom stereocenters. The van der Waals surface area contributed by atoms with Crippen LogP contribution < -0.4 is 10.9 Å². The lowest BCUT2D eigenvalue weighted by Gasteiger charge is -2.31. The summed E-state index contributed by atoms with van der Waals surface area (Å²) in [7, 11) is 1.42. The molecule has 0 aliphatic carbocycles. The van der Waals surface area contributed by atoms with Gasteiger partial charge in [0.25, 0.3) is 5.56 Å². The van der Waals surface area contributed by atoms with E-state index >= 15 is 0 Å². The molecule has 2 aromatic carbocycles. The Morgan fingerprint density at radius 1 is 1.03 bits per heavy atom. The molecule has 2 aliphatic rings. The number of carbonyl (C=O) groups excluding carboxylic acids is 2. The SMILES string of the molecule is COCC(=O)N1[C@H](C(=O)Nc2ccccc2)[C@@H](CO)[C@@H]2Cn3c(ccc(-c4ccccc4)c3=O)[C@@H]21. The third-order valence-electron chi connectivity index (χ3n) is 7.03. The molecule has 180 valence electrons. The van der Waals surface area contributed by atoms with Gasteiger partial charge < -0.3 is 24.6 Å². The highest BCUT2D eigenvalue weighted by molar-refractivity contribution is 5.98. The number of hydrogen-bond acceptors (Lipinski definition) is 5. The number of amides is 2. The van der Waals surface area contributed by atoms with Gasteiger partial charge >= 0.3 is 0 Å². The Labute approximate surface area is 202 Å². The van der Waals surface area contributed by atoms with E-state index < -0.39 is 18.0 Å². The van der Waals surface area contributed by atoms with Crippen LogP contribution in [0.1, 0.15) is 11.7 Å². The van der Waals surface area contributed by atoms with Crippen LogP contribution in [0, 0.1) is 11.8 Å². The first-order chi connectivity index (χ1) is 17.0. The fourth-order valence-corrected chi connectivity index (χ4v) is 5.54. The Bertz CT molecular complexity index is 1290. The van der Waals surface area contributed by atoms with E-state index in [0.717, 1.165) is 5.56 Å². The molecule has 3 heterocycles. The Hall–Kier alpha value is -3.75. The van der Waals surface area contributed by atoms with Crippen LogP contribution in [0.5, 0.6) is 0 Å². The number of aliphatic hydroxyl groups excluding tert-OH is 1. The molecule has 0 spiro atoms. The predicted octanol–water partition coefficient (Wildman–Crippen LogP) is 2.29. The normalized spacial score (nSPS) is 22.5. The van der Waals surface area contributed by atoms with Crippen molar-refractivity contribution in [2.45, 2.75) is 18.6 Å². The standard InChI is InChI=1S/C27H27N3O5/c1-35-16-23(32)30-24-20(21(15-31)25(30)26(33)28-18-10-6-3-7-11-18)14-29-22(24)13-12-19(27(29)34)17-8-4-2-5-9-17/h2-13,20-21,24-25,31H,14-16H2,1H3,(H,28,33)/t20-,21-,24+,25-/m0/s1.